The third kappa shape index (κ3) is 2.58. The van der Waals surface area contributed by atoms with Crippen LogP contribution in [0.2, 0.25) is 5.02 Å². The summed E-state index contributed by atoms with van der Waals surface area (Å²) in [5.41, 5.74) is 0.751. The van der Waals surface area contributed by atoms with Crippen LogP contribution in [0.25, 0.3) is 0 Å². The number of carbonyl (C=O) groups is 1. The molecule has 2 rings (SSSR count). The van der Waals surface area contributed by atoms with Gasteiger partial charge in [-0.15, -0.1) is 0 Å². The van der Waals surface area contributed by atoms with Crippen LogP contribution in [0.3, 0.4) is 0 Å². The zero-order chi connectivity index (χ0) is 10.7. The first-order valence-electron chi connectivity index (χ1n) is 5.20. The van der Waals surface area contributed by atoms with Gasteiger partial charge in [0.1, 0.15) is 0 Å². The maximum Gasteiger partial charge on any atom is 0.167 e. The number of Topliss-reactive ketones (excluding diaryl/α,β-unsaturated/α-hetero) is 1. The molecule has 0 amide bonds. The van der Waals surface area contributed by atoms with E-state index in [1.54, 1.807) is 24.3 Å². The molecule has 1 aliphatic rings. The van der Waals surface area contributed by atoms with Crippen LogP contribution in [-0.4, -0.2) is 18.9 Å². The van der Waals surface area contributed by atoms with Crippen molar-refractivity contribution in [3.63, 3.8) is 0 Å². The second-order valence-corrected chi connectivity index (χ2v) is 4.28. The molecule has 0 aliphatic carbocycles. The number of hydrogen-bond donors (Lipinski definition) is 0. The van der Waals surface area contributed by atoms with Gasteiger partial charge < -0.3 is 0 Å². The van der Waals surface area contributed by atoms with Crippen LogP contribution in [0.5, 0.6) is 0 Å². The molecule has 1 aromatic carbocycles. The maximum absolute atomic E-state index is 12.0. The van der Waals surface area contributed by atoms with Crippen LogP contribution in [0.15, 0.2) is 24.3 Å². The van der Waals surface area contributed by atoms with E-state index >= 15 is 0 Å². The van der Waals surface area contributed by atoms with Gasteiger partial charge >= 0.3 is 0 Å². The lowest BCUT2D eigenvalue weighted by molar-refractivity contribution is 0.0898. The lowest BCUT2D eigenvalue weighted by atomic mass is 9.91. The van der Waals surface area contributed by atoms with Crippen molar-refractivity contribution >= 4 is 17.4 Å². The predicted octanol–water partition coefficient (Wildman–Crippen LogP) is 2.54. The number of nitrogens with zero attached hydrogens (tertiary/aromatic N) is 1. The number of halogens is 1. The molecule has 1 radical (unpaired) electrons. The molecule has 0 saturated carbocycles. The molecule has 0 spiro atoms. The van der Waals surface area contributed by atoms with Gasteiger partial charge in [0, 0.05) is 29.6 Å². The molecule has 0 bridgehead atoms. The summed E-state index contributed by atoms with van der Waals surface area (Å²) in [6.07, 6.45) is 1.99. The largest absolute Gasteiger partial charge is 0.294 e. The lowest BCUT2D eigenvalue weighted by Crippen LogP contribution is -2.30. The lowest BCUT2D eigenvalue weighted by Gasteiger charge is -2.20. The number of rotatable bonds is 2. The Hall–Kier alpha value is -0.860. The molecule has 1 atom stereocenters. The van der Waals surface area contributed by atoms with Gasteiger partial charge in [0.15, 0.2) is 5.78 Å². The Labute approximate surface area is 94.6 Å². The zero-order valence-corrected chi connectivity index (χ0v) is 9.20. The normalized spacial score (nSPS) is 21.3. The smallest absolute Gasteiger partial charge is 0.167 e. The summed E-state index contributed by atoms with van der Waals surface area (Å²) in [5, 5.41) is 4.94. The average molecular weight is 223 g/mol. The SMILES string of the molecule is O=C(c1ccc(Cl)cc1)C1CCC[N]C1. The Balaban J connectivity index is 2.09. The highest BCUT2D eigenvalue weighted by molar-refractivity contribution is 6.30. The maximum atomic E-state index is 12.0. The third-order valence-corrected chi connectivity index (χ3v) is 2.97. The first-order chi connectivity index (χ1) is 7.27. The highest BCUT2D eigenvalue weighted by atomic mass is 35.5. The summed E-state index contributed by atoms with van der Waals surface area (Å²) >= 11 is 5.77. The third-order valence-electron chi connectivity index (χ3n) is 2.72. The van der Waals surface area contributed by atoms with Gasteiger partial charge in [-0.25, -0.2) is 5.32 Å². The first-order valence-corrected chi connectivity index (χ1v) is 5.58. The van der Waals surface area contributed by atoms with E-state index in [9.17, 15) is 4.79 Å². The molecule has 0 N–H and O–H groups in total. The van der Waals surface area contributed by atoms with Crippen LogP contribution in [0, 0.1) is 5.92 Å². The average Bonchev–Trinajstić information content (AvgIpc) is 2.30. The van der Waals surface area contributed by atoms with Gasteiger partial charge in [0.05, 0.1) is 0 Å². The number of piperidine rings is 1. The molecule has 2 nitrogen and oxygen atoms in total. The Morgan fingerprint density at radius 1 is 1.33 bits per heavy atom. The summed E-state index contributed by atoms with van der Waals surface area (Å²) in [5.74, 6) is 0.287. The second-order valence-electron chi connectivity index (χ2n) is 3.84. The topological polar surface area (TPSA) is 31.2 Å². The summed E-state index contributed by atoms with van der Waals surface area (Å²) in [4.78, 5) is 12.0. The standard InChI is InChI=1S/C12H13ClNO/c13-11-5-3-9(4-6-11)12(15)10-2-1-7-14-8-10/h3-6,10H,1-2,7-8H2. The van der Waals surface area contributed by atoms with Crippen molar-refractivity contribution in [3.05, 3.63) is 34.9 Å². The first kappa shape index (κ1) is 10.7. The quantitative estimate of drug-likeness (QED) is 0.708. The van der Waals surface area contributed by atoms with E-state index < -0.39 is 0 Å². The molecule has 1 aromatic rings. The van der Waals surface area contributed by atoms with E-state index in [1.165, 1.54) is 0 Å². The second kappa shape index (κ2) is 4.77. The summed E-state index contributed by atoms with van der Waals surface area (Å²) in [7, 11) is 0. The Kier molecular flexibility index (Phi) is 3.39. The summed E-state index contributed by atoms with van der Waals surface area (Å²) < 4.78 is 0. The van der Waals surface area contributed by atoms with E-state index in [4.69, 9.17) is 11.6 Å². The number of carbonyl (C=O) groups excluding carboxylic acids is 1. The summed E-state index contributed by atoms with van der Waals surface area (Å²) in [6, 6.07) is 7.10. The molecule has 1 unspecified atom stereocenters. The van der Waals surface area contributed by atoms with Crippen molar-refractivity contribution in [2.45, 2.75) is 12.8 Å². The molecular weight excluding hydrogens is 210 g/mol. The fraction of sp³-hybridized carbons (Fsp3) is 0.417. The summed E-state index contributed by atoms with van der Waals surface area (Å²) in [6.45, 7) is 1.59. The van der Waals surface area contributed by atoms with Gasteiger partial charge in [-0.2, -0.15) is 0 Å². The predicted molar refractivity (Wildman–Crippen MR) is 60.4 cm³/mol. The molecular formula is C12H13ClNO. The molecule has 1 saturated heterocycles. The zero-order valence-electron chi connectivity index (χ0n) is 8.45. The Bertz CT molecular complexity index is 341. The van der Waals surface area contributed by atoms with E-state index in [-0.39, 0.29) is 11.7 Å². The van der Waals surface area contributed by atoms with Gasteiger partial charge in [0.25, 0.3) is 0 Å². The molecule has 79 valence electrons. The van der Waals surface area contributed by atoms with Crippen molar-refractivity contribution in [2.75, 3.05) is 13.1 Å². The highest BCUT2D eigenvalue weighted by Crippen LogP contribution is 2.18. The van der Waals surface area contributed by atoms with Crippen molar-refractivity contribution in [2.24, 2.45) is 5.92 Å². The molecule has 0 aromatic heterocycles. The van der Waals surface area contributed by atoms with Crippen molar-refractivity contribution in [1.82, 2.24) is 5.32 Å². The van der Waals surface area contributed by atoms with Crippen LogP contribution in [0.4, 0.5) is 0 Å². The molecule has 3 heteroatoms. The van der Waals surface area contributed by atoms with Gasteiger partial charge in [-0.1, -0.05) is 11.6 Å². The van der Waals surface area contributed by atoms with Crippen molar-refractivity contribution in [1.29, 1.82) is 0 Å². The van der Waals surface area contributed by atoms with Crippen molar-refractivity contribution < 1.29 is 4.79 Å². The fourth-order valence-corrected chi connectivity index (χ4v) is 1.98. The van der Waals surface area contributed by atoms with E-state index in [2.05, 4.69) is 5.32 Å². The van der Waals surface area contributed by atoms with E-state index in [1.807, 2.05) is 0 Å². The van der Waals surface area contributed by atoms with Crippen LogP contribution in [0.1, 0.15) is 23.2 Å². The number of ketones is 1. The number of benzene rings is 1. The van der Waals surface area contributed by atoms with E-state index in [0.29, 0.717) is 11.6 Å². The minimum atomic E-state index is 0.0833. The van der Waals surface area contributed by atoms with Gasteiger partial charge in [0.2, 0.25) is 0 Å². The monoisotopic (exact) mass is 222 g/mol. The van der Waals surface area contributed by atoms with E-state index in [0.717, 1.165) is 24.9 Å². The molecule has 15 heavy (non-hydrogen) atoms. The molecule has 1 fully saturated rings. The van der Waals surface area contributed by atoms with Crippen LogP contribution in [-0.2, 0) is 0 Å². The molecule has 1 heterocycles. The Morgan fingerprint density at radius 2 is 2.07 bits per heavy atom. The fourth-order valence-electron chi connectivity index (χ4n) is 1.85. The minimum absolute atomic E-state index is 0.0833. The van der Waals surface area contributed by atoms with Gasteiger partial charge in [-0.3, -0.25) is 4.79 Å². The van der Waals surface area contributed by atoms with Crippen molar-refractivity contribution in [3.8, 4) is 0 Å². The number of hydrogen-bond acceptors (Lipinski definition) is 1. The highest BCUT2D eigenvalue weighted by Gasteiger charge is 2.22. The molecule has 1 aliphatic heterocycles. The van der Waals surface area contributed by atoms with Gasteiger partial charge in [-0.05, 0) is 37.1 Å². The minimum Gasteiger partial charge on any atom is -0.294 e. The van der Waals surface area contributed by atoms with Crippen LogP contribution >= 0.6 is 11.6 Å². The Morgan fingerprint density at radius 3 is 2.67 bits per heavy atom. The van der Waals surface area contributed by atoms with Crippen LogP contribution < -0.4 is 5.32 Å².